The number of hydrogen-bond donors (Lipinski definition) is 0. The van der Waals surface area contributed by atoms with Crippen LogP contribution in [0.4, 0.5) is 5.69 Å². The lowest BCUT2D eigenvalue weighted by molar-refractivity contribution is -0.123. The van der Waals surface area contributed by atoms with Gasteiger partial charge in [0.25, 0.3) is 0 Å². The Bertz CT molecular complexity index is 663. The molecule has 1 aromatic rings. The Morgan fingerprint density at radius 1 is 1.39 bits per heavy atom. The standard InChI is InChI=1S/C16H21ClN4O2/c1-4-20(15(23)8-7-12(2)22)14-11-21(18-16(14)17)13-6-5-9-19(3)10-13/h5-6,9,11H,4,7-8,10H2,1-3H3. The number of aromatic nitrogens is 2. The van der Waals surface area contributed by atoms with E-state index in [4.69, 9.17) is 11.6 Å². The van der Waals surface area contributed by atoms with E-state index in [0.29, 0.717) is 18.8 Å². The summed E-state index contributed by atoms with van der Waals surface area (Å²) in [5, 5.41) is 4.59. The van der Waals surface area contributed by atoms with Crippen LogP contribution in [0.5, 0.6) is 0 Å². The highest BCUT2D eigenvalue weighted by atomic mass is 35.5. The molecule has 0 saturated heterocycles. The van der Waals surface area contributed by atoms with E-state index >= 15 is 0 Å². The second-order valence-electron chi connectivity index (χ2n) is 5.50. The molecule has 0 radical (unpaired) electrons. The maximum absolute atomic E-state index is 12.3. The SMILES string of the molecule is CCN(C(=O)CCC(C)=O)c1cn(C2=CC=CN(C)C2)nc1Cl. The van der Waals surface area contributed by atoms with Gasteiger partial charge < -0.3 is 14.6 Å². The third-order valence-electron chi connectivity index (χ3n) is 3.59. The van der Waals surface area contributed by atoms with Crippen LogP contribution in [0.3, 0.4) is 0 Å². The van der Waals surface area contributed by atoms with E-state index in [1.54, 1.807) is 15.8 Å². The molecule has 0 bridgehead atoms. The molecule has 0 aromatic carbocycles. The monoisotopic (exact) mass is 336 g/mol. The maximum Gasteiger partial charge on any atom is 0.227 e. The summed E-state index contributed by atoms with van der Waals surface area (Å²) >= 11 is 6.23. The molecular formula is C16H21ClN4O2. The van der Waals surface area contributed by atoms with Gasteiger partial charge in [-0.15, -0.1) is 0 Å². The number of rotatable bonds is 6. The van der Waals surface area contributed by atoms with Crippen LogP contribution < -0.4 is 4.90 Å². The normalized spacial score (nSPS) is 13.9. The quantitative estimate of drug-likeness (QED) is 0.801. The van der Waals surface area contributed by atoms with Crippen molar-refractivity contribution >= 4 is 34.7 Å². The fourth-order valence-electron chi connectivity index (χ4n) is 2.38. The molecule has 6 nitrogen and oxygen atoms in total. The van der Waals surface area contributed by atoms with Gasteiger partial charge in [0, 0.05) is 26.4 Å². The molecule has 0 atom stereocenters. The smallest absolute Gasteiger partial charge is 0.227 e. The highest BCUT2D eigenvalue weighted by Crippen LogP contribution is 2.27. The van der Waals surface area contributed by atoms with Gasteiger partial charge in [-0.05, 0) is 32.2 Å². The Kier molecular flexibility index (Phi) is 5.60. The van der Waals surface area contributed by atoms with Crippen molar-refractivity contribution in [1.29, 1.82) is 0 Å². The van der Waals surface area contributed by atoms with Crippen LogP contribution in [0.2, 0.25) is 5.15 Å². The van der Waals surface area contributed by atoms with Crippen molar-refractivity contribution in [2.75, 3.05) is 25.0 Å². The Labute approximate surface area is 141 Å². The average molecular weight is 337 g/mol. The van der Waals surface area contributed by atoms with Gasteiger partial charge in [-0.1, -0.05) is 11.6 Å². The molecule has 0 saturated carbocycles. The first kappa shape index (κ1) is 17.3. The Hall–Kier alpha value is -2.08. The van der Waals surface area contributed by atoms with Crippen LogP contribution in [0.25, 0.3) is 5.70 Å². The lowest BCUT2D eigenvalue weighted by Gasteiger charge is -2.20. The molecule has 0 spiro atoms. The average Bonchev–Trinajstić information content (AvgIpc) is 2.88. The summed E-state index contributed by atoms with van der Waals surface area (Å²) in [5.74, 6) is -0.128. The van der Waals surface area contributed by atoms with Crippen molar-refractivity contribution in [3.05, 3.63) is 29.7 Å². The van der Waals surface area contributed by atoms with Crippen molar-refractivity contribution in [2.45, 2.75) is 26.7 Å². The second kappa shape index (κ2) is 7.46. The zero-order chi connectivity index (χ0) is 17.0. The van der Waals surface area contributed by atoms with Gasteiger partial charge in [0.05, 0.1) is 18.4 Å². The predicted octanol–water partition coefficient (Wildman–Crippen LogP) is 2.56. The van der Waals surface area contributed by atoms with Crippen LogP contribution in [-0.2, 0) is 9.59 Å². The van der Waals surface area contributed by atoms with E-state index in [1.807, 2.05) is 37.2 Å². The van der Waals surface area contributed by atoms with E-state index in [9.17, 15) is 9.59 Å². The van der Waals surface area contributed by atoms with Gasteiger partial charge in [0.1, 0.15) is 11.5 Å². The van der Waals surface area contributed by atoms with Crippen molar-refractivity contribution in [3.8, 4) is 0 Å². The minimum atomic E-state index is -0.126. The number of halogens is 1. The number of likely N-dealkylation sites (N-methyl/N-ethyl adjacent to an activating group) is 1. The van der Waals surface area contributed by atoms with E-state index < -0.39 is 0 Å². The van der Waals surface area contributed by atoms with Crippen LogP contribution in [0, 0.1) is 0 Å². The first-order valence-electron chi connectivity index (χ1n) is 7.55. The van der Waals surface area contributed by atoms with Gasteiger partial charge in [0.15, 0.2) is 5.15 Å². The summed E-state index contributed by atoms with van der Waals surface area (Å²) < 4.78 is 1.69. The summed E-state index contributed by atoms with van der Waals surface area (Å²) in [6.45, 7) is 4.53. The Morgan fingerprint density at radius 3 is 2.74 bits per heavy atom. The number of hydrogen-bond acceptors (Lipinski definition) is 4. The van der Waals surface area contributed by atoms with E-state index in [1.165, 1.54) is 6.92 Å². The van der Waals surface area contributed by atoms with Crippen LogP contribution >= 0.6 is 11.6 Å². The Morgan fingerprint density at radius 2 is 2.13 bits per heavy atom. The first-order valence-corrected chi connectivity index (χ1v) is 7.93. The van der Waals surface area contributed by atoms with Crippen LogP contribution in [0.15, 0.2) is 24.5 Å². The molecule has 23 heavy (non-hydrogen) atoms. The summed E-state index contributed by atoms with van der Waals surface area (Å²) in [7, 11) is 1.97. The molecule has 2 heterocycles. The first-order chi connectivity index (χ1) is 10.9. The Balaban J connectivity index is 2.21. The van der Waals surface area contributed by atoms with Crippen molar-refractivity contribution < 1.29 is 9.59 Å². The van der Waals surface area contributed by atoms with E-state index in [-0.39, 0.29) is 29.7 Å². The molecule has 7 heteroatoms. The van der Waals surface area contributed by atoms with E-state index in [2.05, 4.69) is 5.10 Å². The molecule has 124 valence electrons. The topological polar surface area (TPSA) is 58.4 Å². The van der Waals surface area contributed by atoms with E-state index in [0.717, 1.165) is 5.70 Å². The summed E-state index contributed by atoms with van der Waals surface area (Å²) in [6, 6.07) is 0. The summed E-state index contributed by atoms with van der Waals surface area (Å²) in [5.41, 5.74) is 1.54. The predicted molar refractivity (Wildman–Crippen MR) is 91.2 cm³/mol. The van der Waals surface area contributed by atoms with Crippen molar-refractivity contribution in [3.63, 3.8) is 0 Å². The number of anilines is 1. The number of nitrogens with zero attached hydrogens (tertiary/aromatic N) is 4. The molecule has 1 aromatic heterocycles. The number of Topliss-reactive ketones (excluding diaryl/α,β-unsaturated/α-hetero) is 1. The van der Waals surface area contributed by atoms with Crippen LogP contribution in [0.1, 0.15) is 26.7 Å². The highest BCUT2D eigenvalue weighted by Gasteiger charge is 2.21. The molecule has 0 aliphatic carbocycles. The minimum absolute atomic E-state index is 0.00150. The van der Waals surface area contributed by atoms with Crippen molar-refractivity contribution in [1.82, 2.24) is 14.7 Å². The number of amides is 1. The molecule has 0 fully saturated rings. The number of carbonyl (C=O) groups excluding carboxylic acids is 2. The fraction of sp³-hybridized carbons (Fsp3) is 0.438. The zero-order valence-corrected chi connectivity index (χ0v) is 14.4. The summed E-state index contributed by atoms with van der Waals surface area (Å²) in [6.07, 6.45) is 8.04. The van der Waals surface area contributed by atoms with Gasteiger partial charge in [0.2, 0.25) is 5.91 Å². The lowest BCUT2D eigenvalue weighted by atomic mass is 10.2. The fourth-order valence-corrected chi connectivity index (χ4v) is 2.61. The number of carbonyl (C=O) groups is 2. The van der Waals surface area contributed by atoms with Crippen molar-refractivity contribution in [2.24, 2.45) is 0 Å². The summed E-state index contributed by atoms with van der Waals surface area (Å²) in [4.78, 5) is 27.0. The third-order valence-corrected chi connectivity index (χ3v) is 3.85. The largest absolute Gasteiger partial charge is 0.375 e. The number of allylic oxidation sites excluding steroid dienone is 2. The maximum atomic E-state index is 12.3. The minimum Gasteiger partial charge on any atom is -0.375 e. The number of ketones is 1. The zero-order valence-electron chi connectivity index (χ0n) is 13.6. The third kappa shape index (κ3) is 4.22. The molecule has 2 rings (SSSR count). The molecule has 1 aliphatic heterocycles. The highest BCUT2D eigenvalue weighted by molar-refractivity contribution is 6.32. The molecule has 0 N–H and O–H groups in total. The van der Waals surface area contributed by atoms with Gasteiger partial charge in [-0.3, -0.25) is 4.79 Å². The van der Waals surface area contributed by atoms with Gasteiger partial charge in [-0.25, -0.2) is 4.68 Å². The van der Waals surface area contributed by atoms with Crippen LogP contribution in [-0.4, -0.2) is 46.5 Å². The molecule has 1 aliphatic rings. The molecule has 0 unspecified atom stereocenters. The van der Waals surface area contributed by atoms with Gasteiger partial charge >= 0.3 is 0 Å². The molecular weight excluding hydrogens is 316 g/mol. The molecule has 1 amide bonds. The van der Waals surface area contributed by atoms with Gasteiger partial charge in [-0.2, -0.15) is 5.10 Å². The second-order valence-corrected chi connectivity index (χ2v) is 5.86. The lowest BCUT2D eigenvalue weighted by Crippen LogP contribution is -2.30.